The zero-order valence-electron chi connectivity index (χ0n) is 13.1. The minimum Gasteiger partial charge on any atom is -0.460 e. The Hall–Kier alpha value is -3.55. The molecular weight excluding hydrogens is 327 g/mol. The number of halogens is 1. The standard InChI is InChI=1S/C17H13FN4O3/c1-10-2-7-13(25-10)9-19-22-16(23)15-8-14(20-17(24)21-15)11-3-5-12(18)6-4-11/h2-9H,1H3,(H,22,23)(H,20,21,24)/b19-9+. The fraction of sp³-hybridized carbons (Fsp3) is 0.0588. The van der Waals surface area contributed by atoms with Crippen molar-refractivity contribution >= 4 is 12.1 Å². The summed E-state index contributed by atoms with van der Waals surface area (Å²) in [5.41, 5.74) is 2.33. The Morgan fingerprint density at radius 2 is 2.04 bits per heavy atom. The molecule has 0 radical (unpaired) electrons. The third-order valence-corrected chi connectivity index (χ3v) is 3.25. The largest absolute Gasteiger partial charge is 0.460 e. The maximum absolute atomic E-state index is 13.0. The van der Waals surface area contributed by atoms with Crippen molar-refractivity contribution in [1.82, 2.24) is 15.4 Å². The second-order valence-electron chi connectivity index (χ2n) is 5.14. The van der Waals surface area contributed by atoms with E-state index in [1.165, 1.54) is 36.5 Å². The predicted octanol–water partition coefficient (Wildman–Crippen LogP) is 2.24. The van der Waals surface area contributed by atoms with Crippen LogP contribution in [0.4, 0.5) is 4.39 Å². The molecule has 0 aliphatic carbocycles. The van der Waals surface area contributed by atoms with Crippen LogP contribution in [0, 0.1) is 12.7 Å². The first-order chi connectivity index (χ1) is 12.0. The number of hydrogen-bond donors (Lipinski definition) is 2. The molecule has 3 rings (SSSR count). The van der Waals surface area contributed by atoms with E-state index in [2.05, 4.69) is 20.5 Å². The molecule has 0 saturated heterocycles. The second-order valence-corrected chi connectivity index (χ2v) is 5.14. The van der Waals surface area contributed by atoms with Crippen LogP contribution in [0.5, 0.6) is 0 Å². The number of nitrogens with one attached hydrogen (secondary N) is 2. The Morgan fingerprint density at radius 3 is 2.72 bits per heavy atom. The summed E-state index contributed by atoms with van der Waals surface area (Å²) >= 11 is 0. The number of hydrogen-bond acceptors (Lipinski definition) is 5. The van der Waals surface area contributed by atoms with Crippen molar-refractivity contribution in [3.63, 3.8) is 0 Å². The van der Waals surface area contributed by atoms with Crippen LogP contribution in [-0.2, 0) is 0 Å². The highest BCUT2D eigenvalue weighted by atomic mass is 19.1. The fourth-order valence-electron chi connectivity index (χ4n) is 2.09. The Bertz CT molecular complexity index is 990. The monoisotopic (exact) mass is 340 g/mol. The molecule has 0 bridgehead atoms. The fourth-order valence-corrected chi connectivity index (χ4v) is 2.09. The third-order valence-electron chi connectivity index (χ3n) is 3.25. The molecule has 2 N–H and O–H groups in total. The van der Waals surface area contributed by atoms with Gasteiger partial charge in [0.15, 0.2) is 0 Å². The number of hydrazone groups is 1. The molecule has 8 heteroatoms. The zero-order chi connectivity index (χ0) is 17.8. The van der Waals surface area contributed by atoms with Crippen molar-refractivity contribution in [2.24, 2.45) is 5.10 Å². The van der Waals surface area contributed by atoms with Gasteiger partial charge >= 0.3 is 5.69 Å². The normalized spacial score (nSPS) is 11.0. The van der Waals surface area contributed by atoms with Gasteiger partial charge in [0, 0.05) is 5.56 Å². The number of rotatable bonds is 4. The van der Waals surface area contributed by atoms with Crippen LogP contribution in [0.15, 0.2) is 56.8 Å². The van der Waals surface area contributed by atoms with Gasteiger partial charge < -0.3 is 9.40 Å². The lowest BCUT2D eigenvalue weighted by Crippen LogP contribution is -2.24. The van der Waals surface area contributed by atoms with Crippen LogP contribution in [0.1, 0.15) is 22.0 Å². The quantitative estimate of drug-likeness (QED) is 0.562. The number of aryl methyl sites for hydroxylation is 1. The van der Waals surface area contributed by atoms with Gasteiger partial charge in [-0.3, -0.25) is 4.79 Å². The van der Waals surface area contributed by atoms with Crippen molar-refractivity contribution in [3.05, 3.63) is 76.0 Å². The Morgan fingerprint density at radius 1 is 1.28 bits per heavy atom. The summed E-state index contributed by atoms with van der Waals surface area (Å²) in [7, 11) is 0. The van der Waals surface area contributed by atoms with Crippen LogP contribution < -0.4 is 11.1 Å². The summed E-state index contributed by atoms with van der Waals surface area (Å²) < 4.78 is 18.3. The molecule has 1 aromatic carbocycles. The predicted molar refractivity (Wildman–Crippen MR) is 88.8 cm³/mol. The number of carbonyl (C=O) groups is 1. The Labute approximate surface area is 141 Å². The minimum absolute atomic E-state index is 0.0212. The first-order valence-electron chi connectivity index (χ1n) is 7.28. The lowest BCUT2D eigenvalue weighted by Gasteiger charge is -2.03. The number of amides is 1. The van der Waals surface area contributed by atoms with E-state index < -0.39 is 17.4 Å². The molecule has 0 fully saturated rings. The summed E-state index contributed by atoms with van der Waals surface area (Å²) in [5.74, 6) is 0.166. The highest BCUT2D eigenvalue weighted by Gasteiger charge is 2.10. The van der Waals surface area contributed by atoms with Crippen molar-refractivity contribution in [1.29, 1.82) is 0 Å². The smallest absolute Gasteiger partial charge is 0.346 e. The molecule has 0 saturated carbocycles. The van der Waals surface area contributed by atoms with Crippen LogP contribution in [0.2, 0.25) is 0 Å². The van der Waals surface area contributed by atoms with Crippen molar-refractivity contribution < 1.29 is 13.6 Å². The summed E-state index contributed by atoms with van der Waals surface area (Å²) in [5, 5.41) is 3.76. The number of carbonyl (C=O) groups excluding carboxylic acids is 1. The number of benzene rings is 1. The van der Waals surface area contributed by atoms with Crippen LogP contribution in [0.3, 0.4) is 0 Å². The number of nitrogens with zero attached hydrogens (tertiary/aromatic N) is 2. The van der Waals surface area contributed by atoms with Crippen molar-refractivity contribution in [2.75, 3.05) is 0 Å². The number of furan rings is 1. The van der Waals surface area contributed by atoms with Gasteiger partial charge in [0.2, 0.25) is 0 Å². The number of aromatic nitrogens is 2. The highest BCUT2D eigenvalue weighted by molar-refractivity contribution is 5.93. The first-order valence-corrected chi connectivity index (χ1v) is 7.28. The molecule has 0 spiro atoms. The molecule has 25 heavy (non-hydrogen) atoms. The van der Waals surface area contributed by atoms with E-state index in [9.17, 15) is 14.0 Å². The maximum atomic E-state index is 13.0. The van der Waals surface area contributed by atoms with E-state index in [1.54, 1.807) is 19.1 Å². The van der Waals surface area contributed by atoms with E-state index in [1.807, 2.05) is 0 Å². The van der Waals surface area contributed by atoms with Gasteiger partial charge in [0.1, 0.15) is 23.0 Å². The van der Waals surface area contributed by atoms with Gasteiger partial charge in [-0.15, -0.1) is 0 Å². The average Bonchev–Trinajstić information content (AvgIpc) is 3.00. The first kappa shape index (κ1) is 16.3. The lowest BCUT2D eigenvalue weighted by molar-refractivity contribution is 0.0949. The topological polar surface area (TPSA) is 100 Å². The molecule has 0 aliphatic heterocycles. The molecule has 0 atom stereocenters. The molecule has 1 amide bonds. The van der Waals surface area contributed by atoms with E-state index in [4.69, 9.17) is 4.42 Å². The lowest BCUT2D eigenvalue weighted by atomic mass is 10.1. The van der Waals surface area contributed by atoms with Gasteiger partial charge in [-0.05, 0) is 49.4 Å². The van der Waals surface area contributed by atoms with Crippen LogP contribution in [-0.4, -0.2) is 22.1 Å². The molecule has 0 aliphatic rings. The average molecular weight is 340 g/mol. The molecule has 2 heterocycles. The molecule has 0 unspecified atom stereocenters. The van der Waals surface area contributed by atoms with E-state index in [-0.39, 0.29) is 11.4 Å². The highest BCUT2D eigenvalue weighted by Crippen LogP contribution is 2.16. The van der Waals surface area contributed by atoms with E-state index in [0.29, 0.717) is 11.3 Å². The second kappa shape index (κ2) is 6.91. The third kappa shape index (κ3) is 4.05. The van der Waals surface area contributed by atoms with Crippen LogP contribution in [0.25, 0.3) is 11.3 Å². The van der Waals surface area contributed by atoms with Gasteiger partial charge in [0.05, 0.1) is 11.9 Å². The van der Waals surface area contributed by atoms with Gasteiger partial charge in [-0.2, -0.15) is 10.1 Å². The molecule has 7 nitrogen and oxygen atoms in total. The zero-order valence-corrected chi connectivity index (χ0v) is 13.1. The molecule has 2 aromatic heterocycles. The molecule has 3 aromatic rings. The minimum atomic E-state index is -0.697. The summed E-state index contributed by atoms with van der Waals surface area (Å²) in [6, 6.07) is 10.3. The Balaban J connectivity index is 1.79. The van der Waals surface area contributed by atoms with Gasteiger partial charge in [-0.1, -0.05) is 0 Å². The summed E-state index contributed by atoms with van der Waals surface area (Å²) in [4.78, 5) is 29.9. The van der Waals surface area contributed by atoms with Crippen LogP contribution >= 0.6 is 0 Å². The van der Waals surface area contributed by atoms with Gasteiger partial charge in [-0.25, -0.2) is 14.6 Å². The molecule has 126 valence electrons. The van der Waals surface area contributed by atoms with Gasteiger partial charge in [0.25, 0.3) is 5.91 Å². The Kier molecular flexibility index (Phi) is 4.51. The summed E-state index contributed by atoms with van der Waals surface area (Å²) in [6.45, 7) is 1.79. The number of aromatic amines is 1. The SMILES string of the molecule is Cc1ccc(/C=N/NC(=O)c2cc(-c3ccc(F)cc3)nc(=O)[nH]2)o1. The molecular formula is C17H13FN4O3. The van der Waals surface area contributed by atoms with Crippen molar-refractivity contribution in [2.45, 2.75) is 6.92 Å². The summed E-state index contributed by atoms with van der Waals surface area (Å²) in [6.07, 6.45) is 1.34. The van der Waals surface area contributed by atoms with E-state index in [0.717, 1.165) is 5.76 Å². The van der Waals surface area contributed by atoms with E-state index >= 15 is 0 Å². The van der Waals surface area contributed by atoms with Crippen molar-refractivity contribution in [3.8, 4) is 11.3 Å². The maximum Gasteiger partial charge on any atom is 0.346 e. The number of H-pyrrole nitrogens is 1.